The van der Waals surface area contributed by atoms with Gasteiger partial charge in [-0.2, -0.15) is 0 Å². The zero-order valence-electron chi connectivity index (χ0n) is 20.5. The van der Waals surface area contributed by atoms with Crippen LogP contribution in [-0.2, 0) is 32.8 Å². The minimum absolute atomic E-state index is 0.0600. The second-order valence-corrected chi connectivity index (χ2v) is 10.2. The van der Waals surface area contributed by atoms with Crippen LogP contribution in [0.5, 0.6) is 0 Å². The second kappa shape index (κ2) is 10.6. The van der Waals surface area contributed by atoms with Gasteiger partial charge < -0.3 is 20.6 Å². The van der Waals surface area contributed by atoms with Crippen LogP contribution in [0.25, 0.3) is 0 Å². The molecule has 4 rings (SSSR count). The van der Waals surface area contributed by atoms with Gasteiger partial charge in [-0.15, -0.1) is 0 Å². The number of nitrogens with one attached hydrogen (secondary N) is 2. The molecule has 35 heavy (non-hydrogen) atoms. The van der Waals surface area contributed by atoms with E-state index in [1.54, 1.807) is 0 Å². The Balaban J connectivity index is 1.49. The lowest BCUT2D eigenvalue weighted by molar-refractivity contribution is -0.144. The highest BCUT2D eigenvalue weighted by Crippen LogP contribution is 2.36. The maximum absolute atomic E-state index is 13.6. The van der Waals surface area contributed by atoms with Gasteiger partial charge in [-0.25, -0.2) is 4.79 Å². The standard InChI is InChI=1S/C28H35N3O4/c1-19(2)16-24(26(33)34)30-27(35)28(22-10-4-3-5-11-22)12-14-31(15-13-28)25(32)23-17-20-8-6-7-9-21(20)18-29-23/h3-11,19,23-24,29H,12-18H2,1-2H3,(H,30,35)(H,33,34). The highest BCUT2D eigenvalue weighted by molar-refractivity contribution is 5.92. The Morgan fingerprint density at radius 3 is 2.29 bits per heavy atom. The van der Waals surface area contributed by atoms with Gasteiger partial charge in [-0.1, -0.05) is 68.4 Å². The normalized spacial score (nSPS) is 20.1. The number of aliphatic carboxylic acids is 1. The molecule has 3 N–H and O–H groups in total. The molecule has 2 amide bonds. The van der Waals surface area contributed by atoms with Gasteiger partial charge in [0.15, 0.2) is 0 Å². The summed E-state index contributed by atoms with van der Waals surface area (Å²) in [4.78, 5) is 40.7. The van der Waals surface area contributed by atoms with Crippen molar-refractivity contribution in [2.24, 2.45) is 5.92 Å². The predicted octanol–water partition coefficient (Wildman–Crippen LogP) is 2.88. The number of carbonyl (C=O) groups is 3. The molecule has 2 aromatic carbocycles. The second-order valence-electron chi connectivity index (χ2n) is 10.2. The highest BCUT2D eigenvalue weighted by Gasteiger charge is 2.45. The van der Waals surface area contributed by atoms with Gasteiger partial charge in [0, 0.05) is 19.6 Å². The highest BCUT2D eigenvalue weighted by atomic mass is 16.4. The fourth-order valence-corrected chi connectivity index (χ4v) is 5.35. The number of hydrogen-bond acceptors (Lipinski definition) is 4. The summed E-state index contributed by atoms with van der Waals surface area (Å²) < 4.78 is 0. The number of hydrogen-bond donors (Lipinski definition) is 3. The third-order valence-corrected chi connectivity index (χ3v) is 7.38. The molecule has 0 spiro atoms. The smallest absolute Gasteiger partial charge is 0.326 e. The Kier molecular flexibility index (Phi) is 7.55. The lowest BCUT2D eigenvalue weighted by atomic mass is 9.71. The van der Waals surface area contributed by atoms with Crippen LogP contribution in [-0.4, -0.2) is 53.0 Å². The summed E-state index contributed by atoms with van der Waals surface area (Å²) in [5.41, 5.74) is 2.42. The van der Waals surface area contributed by atoms with Gasteiger partial charge in [0.25, 0.3) is 0 Å². The van der Waals surface area contributed by atoms with Crippen LogP contribution in [0, 0.1) is 5.92 Å². The fraction of sp³-hybridized carbons (Fsp3) is 0.464. The summed E-state index contributed by atoms with van der Waals surface area (Å²) in [5.74, 6) is -1.10. The van der Waals surface area contributed by atoms with Crippen molar-refractivity contribution in [2.45, 2.75) is 63.6 Å². The van der Waals surface area contributed by atoms with E-state index in [0.29, 0.717) is 45.3 Å². The largest absolute Gasteiger partial charge is 0.480 e. The van der Waals surface area contributed by atoms with E-state index in [4.69, 9.17) is 0 Å². The molecule has 7 heteroatoms. The Morgan fingerprint density at radius 2 is 1.66 bits per heavy atom. The van der Waals surface area contributed by atoms with E-state index in [1.807, 2.05) is 61.2 Å². The van der Waals surface area contributed by atoms with Crippen LogP contribution in [0.2, 0.25) is 0 Å². The lowest BCUT2D eigenvalue weighted by Crippen LogP contribution is -2.58. The van der Waals surface area contributed by atoms with E-state index >= 15 is 0 Å². The van der Waals surface area contributed by atoms with Crippen molar-refractivity contribution in [1.82, 2.24) is 15.5 Å². The molecule has 186 valence electrons. The minimum atomic E-state index is -1.02. The van der Waals surface area contributed by atoms with E-state index < -0.39 is 17.4 Å². The van der Waals surface area contributed by atoms with Gasteiger partial charge in [0.2, 0.25) is 11.8 Å². The van der Waals surface area contributed by atoms with Crippen molar-refractivity contribution in [1.29, 1.82) is 0 Å². The number of nitrogens with zero attached hydrogens (tertiary/aromatic N) is 1. The van der Waals surface area contributed by atoms with Gasteiger partial charge in [-0.05, 0) is 48.3 Å². The first kappa shape index (κ1) is 24.9. The zero-order valence-corrected chi connectivity index (χ0v) is 20.5. The third-order valence-electron chi connectivity index (χ3n) is 7.38. The van der Waals surface area contributed by atoms with Crippen LogP contribution < -0.4 is 10.6 Å². The molecule has 0 bridgehead atoms. The summed E-state index contributed by atoms with van der Waals surface area (Å²) in [6.07, 6.45) is 1.93. The van der Waals surface area contributed by atoms with Crippen LogP contribution >= 0.6 is 0 Å². The molecule has 0 radical (unpaired) electrons. The molecule has 2 aliphatic heterocycles. The molecule has 7 nitrogen and oxygen atoms in total. The summed E-state index contributed by atoms with van der Waals surface area (Å²) in [6, 6.07) is 16.5. The number of fused-ring (bicyclic) bond motifs is 1. The van der Waals surface area contributed by atoms with Gasteiger partial charge in [0.1, 0.15) is 6.04 Å². The van der Waals surface area contributed by atoms with Gasteiger partial charge in [-0.3, -0.25) is 9.59 Å². The van der Waals surface area contributed by atoms with Crippen molar-refractivity contribution in [3.05, 3.63) is 71.3 Å². The molecular formula is C28H35N3O4. The monoisotopic (exact) mass is 477 g/mol. The average molecular weight is 478 g/mol. The van der Waals surface area contributed by atoms with Crippen LogP contribution in [0.4, 0.5) is 0 Å². The number of rotatable bonds is 7. The number of benzene rings is 2. The number of carboxylic acids is 1. The molecule has 0 aliphatic carbocycles. The summed E-state index contributed by atoms with van der Waals surface area (Å²) in [5, 5.41) is 15.9. The van der Waals surface area contributed by atoms with Crippen molar-refractivity contribution >= 4 is 17.8 Å². The fourth-order valence-electron chi connectivity index (χ4n) is 5.35. The van der Waals surface area contributed by atoms with E-state index in [9.17, 15) is 19.5 Å². The first-order chi connectivity index (χ1) is 16.8. The summed E-state index contributed by atoms with van der Waals surface area (Å²) in [6.45, 7) is 5.45. The van der Waals surface area contributed by atoms with Crippen molar-refractivity contribution in [2.75, 3.05) is 13.1 Å². The Labute approximate surface area is 206 Å². The SMILES string of the molecule is CC(C)CC(NC(=O)C1(c2ccccc2)CCN(C(=O)C2Cc3ccccc3CN2)CC1)C(=O)O. The number of amides is 2. The van der Waals surface area contributed by atoms with Crippen LogP contribution in [0.15, 0.2) is 54.6 Å². The quantitative estimate of drug-likeness (QED) is 0.570. The van der Waals surface area contributed by atoms with E-state index in [1.165, 1.54) is 11.1 Å². The predicted molar refractivity (Wildman–Crippen MR) is 134 cm³/mol. The summed E-state index contributed by atoms with van der Waals surface area (Å²) in [7, 11) is 0. The molecular weight excluding hydrogens is 442 g/mol. The molecule has 2 unspecified atom stereocenters. The lowest BCUT2D eigenvalue weighted by Gasteiger charge is -2.42. The van der Waals surface area contributed by atoms with Crippen molar-refractivity contribution in [3.8, 4) is 0 Å². The zero-order chi connectivity index (χ0) is 25.0. The number of carboxylic acid groups (broad SMARTS) is 1. The molecule has 0 aromatic heterocycles. The third kappa shape index (κ3) is 5.40. The van der Waals surface area contributed by atoms with E-state index in [-0.39, 0.29) is 23.8 Å². The molecule has 0 saturated carbocycles. The maximum Gasteiger partial charge on any atom is 0.326 e. The van der Waals surface area contributed by atoms with E-state index in [0.717, 1.165) is 5.56 Å². The molecule has 1 saturated heterocycles. The van der Waals surface area contributed by atoms with Crippen molar-refractivity contribution < 1.29 is 19.5 Å². The summed E-state index contributed by atoms with van der Waals surface area (Å²) >= 11 is 0. The maximum atomic E-state index is 13.6. The van der Waals surface area contributed by atoms with Crippen LogP contribution in [0.3, 0.4) is 0 Å². The van der Waals surface area contributed by atoms with Gasteiger partial charge in [0.05, 0.1) is 11.5 Å². The number of piperidine rings is 1. The average Bonchev–Trinajstić information content (AvgIpc) is 2.87. The molecule has 2 aromatic rings. The Morgan fingerprint density at radius 1 is 1.03 bits per heavy atom. The molecule has 2 atom stereocenters. The number of carbonyl (C=O) groups excluding carboxylic acids is 2. The Hall–Kier alpha value is -3.19. The van der Waals surface area contributed by atoms with E-state index in [2.05, 4.69) is 22.8 Å². The first-order valence-corrected chi connectivity index (χ1v) is 12.5. The molecule has 2 heterocycles. The first-order valence-electron chi connectivity index (χ1n) is 12.5. The van der Waals surface area contributed by atoms with Crippen LogP contribution in [0.1, 0.15) is 49.8 Å². The van der Waals surface area contributed by atoms with Gasteiger partial charge >= 0.3 is 5.97 Å². The minimum Gasteiger partial charge on any atom is -0.480 e. The number of likely N-dealkylation sites (tertiary alicyclic amines) is 1. The Bertz CT molecular complexity index is 1060. The molecule has 1 fully saturated rings. The van der Waals surface area contributed by atoms with Crippen molar-refractivity contribution in [3.63, 3.8) is 0 Å². The topological polar surface area (TPSA) is 98.7 Å². The molecule has 2 aliphatic rings.